The summed E-state index contributed by atoms with van der Waals surface area (Å²) in [5.41, 5.74) is 2.13. The molecule has 0 aliphatic rings. The summed E-state index contributed by atoms with van der Waals surface area (Å²) >= 11 is 0. The summed E-state index contributed by atoms with van der Waals surface area (Å²) in [6.45, 7) is 3.20. The fourth-order valence-electron chi connectivity index (χ4n) is 2.16. The van der Waals surface area contributed by atoms with Crippen LogP contribution in [-0.2, 0) is 0 Å². The van der Waals surface area contributed by atoms with Gasteiger partial charge in [-0.2, -0.15) is 13.2 Å². The van der Waals surface area contributed by atoms with Crippen molar-refractivity contribution in [2.45, 2.75) is 26.4 Å². The highest BCUT2D eigenvalue weighted by atomic mass is 19.4. The van der Waals surface area contributed by atoms with Gasteiger partial charge in [-0.15, -0.1) is 0 Å². The fraction of sp³-hybridized carbons (Fsp3) is 0.400. The first kappa shape index (κ1) is 15.4. The summed E-state index contributed by atoms with van der Waals surface area (Å²) in [6, 6.07) is 5.53. The Kier molecular flexibility index (Phi) is 3.98. The lowest BCUT2D eigenvalue weighted by molar-refractivity contribution is -0.136. The highest BCUT2D eigenvalue weighted by molar-refractivity contribution is 5.99. The van der Waals surface area contributed by atoms with Gasteiger partial charge in [0.2, 0.25) is 0 Å². The van der Waals surface area contributed by atoms with Gasteiger partial charge in [0.1, 0.15) is 5.58 Å². The van der Waals surface area contributed by atoms with Crippen LogP contribution in [-0.4, -0.2) is 30.6 Å². The van der Waals surface area contributed by atoms with Crippen molar-refractivity contribution >= 4 is 16.9 Å². The Labute approximate surface area is 120 Å². The molecule has 0 unspecified atom stereocenters. The van der Waals surface area contributed by atoms with Gasteiger partial charge < -0.3 is 9.32 Å². The third-order valence-corrected chi connectivity index (χ3v) is 3.43. The van der Waals surface area contributed by atoms with E-state index in [0.29, 0.717) is 11.1 Å². The first-order valence-electron chi connectivity index (χ1n) is 6.51. The molecule has 3 nitrogen and oxygen atoms in total. The molecule has 0 N–H and O–H groups in total. The Hall–Kier alpha value is -1.98. The van der Waals surface area contributed by atoms with Crippen LogP contribution >= 0.6 is 0 Å². The molecule has 2 rings (SSSR count). The number of nitrogens with zero attached hydrogens (tertiary/aromatic N) is 1. The smallest absolute Gasteiger partial charge is 0.390 e. The number of halogens is 3. The SMILES string of the molecule is Cc1c(C(=O)N(C)CCC(F)(F)F)oc2c(C)cccc12. The summed E-state index contributed by atoms with van der Waals surface area (Å²) in [5, 5.41) is 0.808. The summed E-state index contributed by atoms with van der Waals surface area (Å²) in [4.78, 5) is 13.3. The Bertz CT molecular complexity index is 673. The van der Waals surface area contributed by atoms with Crippen LogP contribution < -0.4 is 0 Å². The van der Waals surface area contributed by atoms with Gasteiger partial charge in [-0.05, 0) is 19.4 Å². The lowest BCUT2D eigenvalue weighted by Gasteiger charge is -2.17. The number of hydrogen-bond acceptors (Lipinski definition) is 2. The van der Waals surface area contributed by atoms with E-state index in [1.807, 2.05) is 25.1 Å². The van der Waals surface area contributed by atoms with Crippen LogP contribution in [0, 0.1) is 13.8 Å². The monoisotopic (exact) mass is 299 g/mol. The minimum atomic E-state index is -4.28. The normalized spacial score (nSPS) is 11.9. The number of carbonyl (C=O) groups is 1. The van der Waals surface area contributed by atoms with Gasteiger partial charge in [0, 0.05) is 24.5 Å². The third-order valence-electron chi connectivity index (χ3n) is 3.43. The molecule has 0 aliphatic heterocycles. The zero-order valence-corrected chi connectivity index (χ0v) is 12.0. The molecule has 2 aromatic rings. The summed E-state index contributed by atoms with van der Waals surface area (Å²) in [7, 11) is 1.34. The predicted molar refractivity (Wildman–Crippen MR) is 73.3 cm³/mol. The molecule has 114 valence electrons. The molecule has 0 fully saturated rings. The molecule has 1 amide bonds. The molecule has 0 bridgehead atoms. The van der Waals surface area contributed by atoms with Crippen LogP contribution in [0.2, 0.25) is 0 Å². The number of furan rings is 1. The molecule has 21 heavy (non-hydrogen) atoms. The van der Waals surface area contributed by atoms with Crippen molar-refractivity contribution in [1.29, 1.82) is 0 Å². The van der Waals surface area contributed by atoms with E-state index in [4.69, 9.17) is 4.42 Å². The van der Waals surface area contributed by atoms with Crippen molar-refractivity contribution in [2.75, 3.05) is 13.6 Å². The summed E-state index contributed by atoms with van der Waals surface area (Å²) in [5.74, 6) is -0.434. The number of alkyl halides is 3. The number of fused-ring (bicyclic) bond motifs is 1. The van der Waals surface area contributed by atoms with E-state index in [9.17, 15) is 18.0 Å². The minimum absolute atomic E-state index is 0.101. The largest absolute Gasteiger partial charge is 0.450 e. The van der Waals surface area contributed by atoms with Crippen molar-refractivity contribution in [1.82, 2.24) is 4.90 Å². The van der Waals surface area contributed by atoms with Crippen LogP contribution in [0.25, 0.3) is 11.0 Å². The second-order valence-corrected chi connectivity index (χ2v) is 5.10. The second-order valence-electron chi connectivity index (χ2n) is 5.10. The Morgan fingerprint density at radius 2 is 1.95 bits per heavy atom. The van der Waals surface area contributed by atoms with Gasteiger partial charge in [0.25, 0.3) is 5.91 Å². The lowest BCUT2D eigenvalue weighted by atomic mass is 10.1. The number of carbonyl (C=O) groups excluding carboxylic acids is 1. The van der Waals surface area contributed by atoms with E-state index >= 15 is 0 Å². The van der Waals surface area contributed by atoms with Crippen molar-refractivity contribution in [3.63, 3.8) is 0 Å². The number of hydrogen-bond donors (Lipinski definition) is 0. The topological polar surface area (TPSA) is 33.5 Å². The number of rotatable bonds is 3. The predicted octanol–water partition coefficient (Wildman–Crippen LogP) is 4.07. The molecule has 6 heteroatoms. The van der Waals surface area contributed by atoms with E-state index in [0.717, 1.165) is 15.8 Å². The van der Waals surface area contributed by atoms with Crippen molar-refractivity contribution in [3.8, 4) is 0 Å². The Balaban J connectivity index is 2.27. The Morgan fingerprint density at radius 1 is 1.29 bits per heavy atom. The van der Waals surface area contributed by atoms with Crippen LogP contribution in [0.3, 0.4) is 0 Å². The molecule has 0 aliphatic carbocycles. The highest BCUT2D eigenvalue weighted by Gasteiger charge is 2.29. The maximum atomic E-state index is 12.2. The average molecular weight is 299 g/mol. The molecular weight excluding hydrogens is 283 g/mol. The zero-order chi connectivity index (χ0) is 15.8. The molecule has 0 radical (unpaired) electrons. The number of aryl methyl sites for hydroxylation is 2. The fourth-order valence-corrected chi connectivity index (χ4v) is 2.16. The van der Waals surface area contributed by atoms with Gasteiger partial charge in [-0.3, -0.25) is 4.79 Å². The molecule has 1 aromatic heterocycles. The molecule has 0 saturated carbocycles. The van der Waals surface area contributed by atoms with Crippen LogP contribution in [0.4, 0.5) is 13.2 Å². The van der Waals surface area contributed by atoms with Gasteiger partial charge in [0.05, 0.1) is 6.42 Å². The van der Waals surface area contributed by atoms with Crippen LogP contribution in [0.5, 0.6) is 0 Å². The third kappa shape index (κ3) is 3.20. The molecule has 0 atom stereocenters. The first-order valence-corrected chi connectivity index (χ1v) is 6.51. The van der Waals surface area contributed by atoms with Crippen LogP contribution in [0.1, 0.15) is 28.1 Å². The number of amides is 1. The van der Waals surface area contributed by atoms with Crippen LogP contribution in [0.15, 0.2) is 22.6 Å². The number of benzene rings is 1. The van der Waals surface area contributed by atoms with Crippen molar-refractivity contribution in [2.24, 2.45) is 0 Å². The zero-order valence-electron chi connectivity index (χ0n) is 12.0. The van der Waals surface area contributed by atoms with Gasteiger partial charge in [-0.25, -0.2) is 0 Å². The number of para-hydroxylation sites is 1. The highest BCUT2D eigenvalue weighted by Crippen LogP contribution is 2.28. The average Bonchev–Trinajstić information content (AvgIpc) is 2.74. The second kappa shape index (κ2) is 5.42. The molecule has 1 aromatic carbocycles. The quantitative estimate of drug-likeness (QED) is 0.856. The molecule has 1 heterocycles. The lowest BCUT2D eigenvalue weighted by Crippen LogP contribution is -2.30. The van der Waals surface area contributed by atoms with E-state index in [1.165, 1.54) is 7.05 Å². The summed E-state index contributed by atoms with van der Waals surface area (Å²) < 4.78 is 42.2. The first-order chi connectivity index (χ1) is 9.70. The molecular formula is C15H16F3NO2. The maximum Gasteiger partial charge on any atom is 0.390 e. The van der Waals surface area contributed by atoms with Gasteiger partial charge in [-0.1, -0.05) is 18.2 Å². The van der Waals surface area contributed by atoms with Gasteiger partial charge in [0.15, 0.2) is 5.76 Å². The molecule has 0 spiro atoms. The maximum absolute atomic E-state index is 12.2. The van der Waals surface area contributed by atoms with E-state index < -0.39 is 25.0 Å². The van der Waals surface area contributed by atoms with E-state index in [2.05, 4.69) is 0 Å². The minimum Gasteiger partial charge on any atom is -0.450 e. The summed E-state index contributed by atoms with van der Waals surface area (Å²) in [6.07, 6.45) is -5.32. The van der Waals surface area contributed by atoms with Crippen molar-refractivity contribution < 1.29 is 22.4 Å². The van der Waals surface area contributed by atoms with Crippen molar-refractivity contribution in [3.05, 3.63) is 35.1 Å². The van der Waals surface area contributed by atoms with E-state index in [-0.39, 0.29) is 5.76 Å². The van der Waals surface area contributed by atoms with E-state index in [1.54, 1.807) is 6.92 Å². The Morgan fingerprint density at radius 3 is 2.52 bits per heavy atom. The van der Waals surface area contributed by atoms with Gasteiger partial charge >= 0.3 is 6.18 Å². The molecule has 0 saturated heterocycles. The standard InChI is InChI=1S/C15H16F3NO2/c1-9-5-4-6-11-10(2)13(21-12(9)11)14(20)19(3)8-7-15(16,17)18/h4-6H,7-8H2,1-3H3.